The molecule has 1 heterocycles. The molecule has 114 valence electrons. The van der Waals surface area contributed by atoms with Crippen LogP contribution in [0.15, 0.2) is 0 Å². The van der Waals surface area contributed by atoms with Gasteiger partial charge >= 0.3 is 0 Å². The van der Waals surface area contributed by atoms with Crippen LogP contribution in [0.2, 0.25) is 0 Å². The van der Waals surface area contributed by atoms with Crippen molar-refractivity contribution in [2.45, 2.75) is 18.9 Å². The number of ether oxygens (including phenoxy) is 3. The van der Waals surface area contributed by atoms with E-state index in [-0.39, 0.29) is 0 Å². The van der Waals surface area contributed by atoms with Crippen molar-refractivity contribution in [1.29, 1.82) is 0 Å². The fourth-order valence-electron chi connectivity index (χ4n) is 2.57. The van der Waals surface area contributed by atoms with Gasteiger partial charge in [0.1, 0.15) is 0 Å². The molecule has 0 spiro atoms. The van der Waals surface area contributed by atoms with E-state index in [1.165, 1.54) is 6.42 Å². The van der Waals surface area contributed by atoms with Gasteiger partial charge in [-0.15, -0.1) is 0 Å². The van der Waals surface area contributed by atoms with Crippen molar-refractivity contribution in [2.75, 3.05) is 67.3 Å². The van der Waals surface area contributed by atoms with Gasteiger partial charge in [0, 0.05) is 59.0 Å². The van der Waals surface area contributed by atoms with E-state index in [2.05, 4.69) is 10.2 Å². The summed E-state index contributed by atoms with van der Waals surface area (Å²) in [6.07, 6.45) is 2.24. The summed E-state index contributed by atoms with van der Waals surface area (Å²) < 4.78 is 15.8. The van der Waals surface area contributed by atoms with Crippen LogP contribution in [-0.4, -0.2) is 78.3 Å². The summed E-state index contributed by atoms with van der Waals surface area (Å²) in [5.74, 6) is 0.637. The van der Waals surface area contributed by atoms with Crippen LogP contribution in [0.25, 0.3) is 0 Å². The molecule has 0 aromatic rings. The first-order valence-corrected chi connectivity index (χ1v) is 7.27. The molecule has 2 atom stereocenters. The zero-order valence-corrected chi connectivity index (χ0v) is 12.7. The molecule has 1 aliphatic heterocycles. The molecule has 1 aliphatic rings. The Bertz CT molecular complexity index is 211. The van der Waals surface area contributed by atoms with Gasteiger partial charge in [0.25, 0.3) is 0 Å². The van der Waals surface area contributed by atoms with Gasteiger partial charge in [-0.1, -0.05) is 0 Å². The van der Waals surface area contributed by atoms with Crippen LogP contribution in [0.4, 0.5) is 0 Å². The van der Waals surface area contributed by atoms with Crippen LogP contribution >= 0.6 is 0 Å². The van der Waals surface area contributed by atoms with E-state index in [4.69, 9.17) is 14.2 Å². The molecule has 5 nitrogen and oxygen atoms in total. The highest BCUT2D eigenvalue weighted by Gasteiger charge is 2.26. The zero-order valence-electron chi connectivity index (χ0n) is 12.7. The topological polar surface area (TPSA) is 43.0 Å². The minimum atomic E-state index is 0.502. The number of hydrogen-bond acceptors (Lipinski definition) is 5. The van der Waals surface area contributed by atoms with Crippen LogP contribution in [0, 0.1) is 5.92 Å². The van der Waals surface area contributed by atoms with E-state index in [0.29, 0.717) is 12.0 Å². The van der Waals surface area contributed by atoms with Crippen LogP contribution in [-0.2, 0) is 14.2 Å². The molecule has 19 heavy (non-hydrogen) atoms. The second kappa shape index (κ2) is 10.6. The number of likely N-dealkylation sites (N-methyl/N-ethyl adjacent to an activating group) is 1. The average molecular weight is 274 g/mol. The van der Waals surface area contributed by atoms with Crippen molar-refractivity contribution in [2.24, 2.45) is 5.92 Å². The van der Waals surface area contributed by atoms with Crippen molar-refractivity contribution in [3.8, 4) is 0 Å². The number of rotatable bonds is 11. The molecule has 0 aromatic heterocycles. The quantitative estimate of drug-likeness (QED) is 0.559. The van der Waals surface area contributed by atoms with Crippen LogP contribution < -0.4 is 5.32 Å². The first kappa shape index (κ1) is 16.9. The molecular formula is C14H30N2O3. The van der Waals surface area contributed by atoms with Crippen molar-refractivity contribution < 1.29 is 14.2 Å². The first-order chi connectivity index (χ1) is 9.31. The highest BCUT2D eigenvalue weighted by molar-refractivity contribution is 4.81. The minimum Gasteiger partial charge on any atom is -0.385 e. The van der Waals surface area contributed by atoms with Gasteiger partial charge < -0.3 is 19.5 Å². The van der Waals surface area contributed by atoms with Gasteiger partial charge in [0.2, 0.25) is 0 Å². The molecule has 1 saturated heterocycles. The highest BCUT2D eigenvalue weighted by Crippen LogP contribution is 2.17. The minimum absolute atomic E-state index is 0.502. The van der Waals surface area contributed by atoms with Gasteiger partial charge in [0.05, 0.1) is 13.2 Å². The Morgan fingerprint density at radius 2 is 2.05 bits per heavy atom. The summed E-state index contributed by atoms with van der Waals surface area (Å²) in [7, 11) is 5.56. The predicted octanol–water partition coefficient (Wildman–Crippen LogP) is 0.596. The van der Waals surface area contributed by atoms with E-state index in [0.717, 1.165) is 52.5 Å². The normalized spacial score (nSPS) is 21.2. The fraction of sp³-hybridized carbons (Fsp3) is 1.00. The highest BCUT2D eigenvalue weighted by atomic mass is 16.5. The molecule has 0 amide bonds. The maximum atomic E-state index is 5.50. The average Bonchev–Trinajstić information content (AvgIpc) is 2.95. The monoisotopic (exact) mass is 274 g/mol. The summed E-state index contributed by atoms with van der Waals surface area (Å²) in [5.41, 5.74) is 0. The lowest BCUT2D eigenvalue weighted by Gasteiger charge is -2.30. The van der Waals surface area contributed by atoms with Crippen molar-refractivity contribution >= 4 is 0 Å². The summed E-state index contributed by atoms with van der Waals surface area (Å²) in [6.45, 7) is 6.49. The maximum Gasteiger partial charge on any atom is 0.0589 e. The third kappa shape index (κ3) is 6.68. The van der Waals surface area contributed by atoms with Gasteiger partial charge in [-0.25, -0.2) is 0 Å². The number of hydrogen-bond donors (Lipinski definition) is 1. The van der Waals surface area contributed by atoms with E-state index < -0.39 is 0 Å². The Morgan fingerprint density at radius 3 is 2.63 bits per heavy atom. The summed E-state index contributed by atoms with van der Waals surface area (Å²) >= 11 is 0. The Hall–Kier alpha value is -0.200. The third-order valence-corrected chi connectivity index (χ3v) is 3.79. The molecule has 0 aliphatic carbocycles. The molecule has 1 N–H and O–H groups in total. The van der Waals surface area contributed by atoms with E-state index in [1.54, 1.807) is 14.2 Å². The van der Waals surface area contributed by atoms with Crippen LogP contribution in [0.3, 0.4) is 0 Å². The molecule has 1 fully saturated rings. The second-order valence-corrected chi connectivity index (χ2v) is 5.16. The largest absolute Gasteiger partial charge is 0.385 e. The lowest BCUT2D eigenvalue weighted by Crippen LogP contribution is -2.45. The Kier molecular flexibility index (Phi) is 9.38. The third-order valence-electron chi connectivity index (χ3n) is 3.79. The Morgan fingerprint density at radius 1 is 1.26 bits per heavy atom. The van der Waals surface area contributed by atoms with Gasteiger partial charge in [-0.2, -0.15) is 0 Å². The first-order valence-electron chi connectivity index (χ1n) is 7.27. The lowest BCUT2D eigenvalue weighted by molar-refractivity contribution is 0.116. The summed E-state index contributed by atoms with van der Waals surface area (Å²) in [5, 5.41) is 3.45. The van der Waals surface area contributed by atoms with E-state index in [1.807, 2.05) is 7.05 Å². The number of nitrogens with zero attached hydrogens (tertiary/aromatic N) is 1. The number of nitrogens with one attached hydrogen (secondary N) is 1. The predicted molar refractivity (Wildman–Crippen MR) is 76.6 cm³/mol. The van der Waals surface area contributed by atoms with E-state index >= 15 is 0 Å². The number of methoxy groups -OCH3 is 2. The molecule has 0 bridgehead atoms. The standard InChI is InChI=1S/C14H30N2O3/c1-15-14(13-5-9-19-12-13)11-16(7-10-18-3)6-4-8-17-2/h13-15H,4-12H2,1-3H3. The molecular weight excluding hydrogens is 244 g/mol. The lowest BCUT2D eigenvalue weighted by atomic mass is 9.98. The van der Waals surface area contributed by atoms with E-state index in [9.17, 15) is 0 Å². The summed E-state index contributed by atoms with van der Waals surface area (Å²) in [6, 6.07) is 0.502. The van der Waals surface area contributed by atoms with Crippen LogP contribution in [0.5, 0.6) is 0 Å². The van der Waals surface area contributed by atoms with Crippen molar-refractivity contribution in [1.82, 2.24) is 10.2 Å². The Labute approximate surface area is 117 Å². The molecule has 0 saturated carbocycles. The zero-order chi connectivity index (χ0) is 13.9. The smallest absolute Gasteiger partial charge is 0.0589 e. The summed E-state index contributed by atoms with van der Waals surface area (Å²) in [4.78, 5) is 2.46. The molecule has 1 rings (SSSR count). The van der Waals surface area contributed by atoms with Gasteiger partial charge in [-0.05, 0) is 19.9 Å². The Balaban J connectivity index is 2.37. The fourth-order valence-corrected chi connectivity index (χ4v) is 2.57. The molecule has 2 unspecified atom stereocenters. The molecule has 0 radical (unpaired) electrons. The van der Waals surface area contributed by atoms with Crippen molar-refractivity contribution in [3.05, 3.63) is 0 Å². The molecule has 0 aromatic carbocycles. The second-order valence-electron chi connectivity index (χ2n) is 5.16. The molecule has 5 heteroatoms. The van der Waals surface area contributed by atoms with Gasteiger partial charge in [-0.3, -0.25) is 4.90 Å². The van der Waals surface area contributed by atoms with Crippen LogP contribution in [0.1, 0.15) is 12.8 Å². The SMILES string of the molecule is CNC(CN(CCCOC)CCOC)C1CCOC1. The maximum absolute atomic E-state index is 5.50. The van der Waals surface area contributed by atoms with Gasteiger partial charge in [0.15, 0.2) is 0 Å². The van der Waals surface area contributed by atoms with Crippen molar-refractivity contribution in [3.63, 3.8) is 0 Å².